The Kier molecular flexibility index (Phi) is 1.33. The number of hydrogen-bond acceptors (Lipinski definition) is 3. The highest BCUT2D eigenvalue weighted by molar-refractivity contribution is 6.28. The Morgan fingerprint density at radius 2 is 2.21 bits per heavy atom. The van der Waals surface area contributed by atoms with Crippen LogP contribution in [0.3, 0.4) is 0 Å². The molecule has 5 heteroatoms. The monoisotopic (exact) mass is 213 g/mol. The third-order valence-corrected chi connectivity index (χ3v) is 3.63. The Balaban J connectivity index is 2.13. The zero-order chi connectivity index (χ0) is 10.1. The molecule has 74 valence electrons. The summed E-state index contributed by atoms with van der Waals surface area (Å²) in [4.78, 5) is 24.5. The maximum atomic E-state index is 11.7. The summed E-state index contributed by atoms with van der Waals surface area (Å²) < 4.78 is 5.40. The molecule has 2 saturated heterocycles. The van der Waals surface area contributed by atoms with Gasteiger partial charge in [0.25, 0.3) is 0 Å². The molecule has 3 rings (SSSR count). The maximum absolute atomic E-state index is 11.7. The molecular weight excluding hydrogens is 206 g/mol. The predicted octanol–water partition coefficient (Wildman–Crippen LogP) is 0.121. The smallest absolute Gasteiger partial charge is 0.237 e. The summed E-state index contributed by atoms with van der Waals surface area (Å²) in [7, 11) is 1.49. The average molecular weight is 214 g/mol. The lowest BCUT2D eigenvalue weighted by Crippen LogP contribution is -2.35. The number of amides is 2. The van der Waals surface area contributed by atoms with Crippen molar-refractivity contribution in [1.29, 1.82) is 0 Å². The average Bonchev–Trinajstić information content (AvgIpc) is 2.72. The van der Waals surface area contributed by atoms with Crippen LogP contribution in [0.4, 0.5) is 0 Å². The Morgan fingerprint density at radius 1 is 1.50 bits per heavy atom. The van der Waals surface area contributed by atoms with Crippen molar-refractivity contribution in [3.8, 4) is 0 Å². The van der Waals surface area contributed by atoms with Gasteiger partial charge in [0.05, 0.1) is 17.9 Å². The number of halogens is 1. The summed E-state index contributed by atoms with van der Waals surface area (Å²) in [6, 6.07) is 0. The molecule has 3 aliphatic rings. The number of ether oxygens (including phenoxy) is 1. The van der Waals surface area contributed by atoms with Crippen LogP contribution in [0.25, 0.3) is 0 Å². The molecule has 3 aliphatic heterocycles. The maximum Gasteiger partial charge on any atom is 0.237 e. The van der Waals surface area contributed by atoms with Crippen LogP contribution in [0.15, 0.2) is 12.2 Å². The molecule has 0 aromatic carbocycles. The van der Waals surface area contributed by atoms with E-state index >= 15 is 0 Å². The first-order valence-corrected chi connectivity index (χ1v) is 4.80. The van der Waals surface area contributed by atoms with Crippen LogP contribution in [-0.2, 0) is 14.3 Å². The molecule has 4 unspecified atom stereocenters. The highest BCUT2D eigenvalue weighted by atomic mass is 35.5. The lowest BCUT2D eigenvalue weighted by Gasteiger charge is -2.20. The Morgan fingerprint density at radius 3 is 2.86 bits per heavy atom. The minimum atomic E-state index is -1.08. The number of imide groups is 1. The minimum absolute atomic E-state index is 0.183. The third kappa shape index (κ3) is 0.709. The molecule has 0 aliphatic carbocycles. The number of rotatable bonds is 0. The first-order chi connectivity index (χ1) is 6.54. The van der Waals surface area contributed by atoms with E-state index in [4.69, 9.17) is 16.3 Å². The van der Waals surface area contributed by atoms with Gasteiger partial charge in [-0.15, -0.1) is 0 Å². The van der Waals surface area contributed by atoms with Gasteiger partial charge in [0, 0.05) is 7.05 Å². The molecule has 0 N–H and O–H groups in total. The number of nitrogens with zero attached hydrogens (tertiary/aromatic N) is 1. The lowest BCUT2D eigenvalue weighted by molar-refractivity contribution is -0.141. The summed E-state index contributed by atoms with van der Waals surface area (Å²) >= 11 is 6.11. The highest BCUT2D eigenvalue weighted by Gasteiger charge is 2.66. The molecule has 0 saturated carbocycles. The summed E-state index contributed by atoms with van der Waals surface area (Å²) in [5.74, 6) is -1.36. The first kappa shape index (κ1) is 8.44. The van der Waals surface area contributed by atoms with E-state index < -0.39 is 16.9 Å². The zero-order valence-corrected chi connectivity index (χ0v) is 8.19. The molecule has 14 heavy (non-hydrogen) atoms. The zero-order valence-electron chi connectivity index (χ0n) is 7.44. The fraction of sp³-hybridized carbons (Fsp3) is 0.556. The minimum Gasteiger partial charge on any atom is -0.347 e. The van der Waals surface area contributed by atoms with Gasteiger partial charge in [-0.1, -0.05) is 17.7 Å². The van der Waals surface area contributed by atoms with Gasteiger partial charge in [0.2, 0.25) is 11.8 Å². The van der Waals surface area contributed by atoms with Crippen molar-refractivity contribution < 1.29 is 14.3 Å². The molecule has 2 fully saturated rings. The van der Waals surface area contributed by atoms with E-state index in [2.05, 4.69) is 0 Å². The van der Waals surface area contributed by atoms with Crippen LogP contribution in [0.1, 0.15) is 0 Å². The molecule has 3 heterocycles. The van der Waals surface area contributed by atoms with Crippen LogP contribution in [-0.4, -0.2) is 34.9 Å². The van der Waals surface area contributed by atoms with Crippen molar-refractivity contribution in [2.24, 2.45) is 11.8 Å². The highest BCUT2D eigenvalue weighted by Crippen LogP contribution is 2.53. The second-order valence-corrected chi connectivity index (χ2v) is 4.47. The number of carbonyl (C=O) groups excluding carboxylic acids is 2. The Labute approximate surface area is 85.5 Å². The van der Waals surface area contributed by atoms with E-state index in [1.54, 1.807) is 12.2 Å². The summed E-state index contributed by atoms with van der Waals surface area (Å²) in [5, 5.41) is -1.08. The Bertz CT molecular complexity index is 380. The lowest BCUT2D eigenvalue weighted by atomic mass is 9.85. The van der Waals surface area contributed by atoms with Gasteiger partial charge < -0.3 is 4.74 Å². The summed E-state index contributed by atoms with van der Waals surface area (Å²) in [5.41, 5.74) is 0. The molecule has 4 nitrogen and oxygen atoms in total. The largest absolute Gasteiger partial charge is 0.347 e. The second kappa shape index (κ2) is 2.20. The van der Waals surface area contributed by atoms with Crippen LogP contribution in [0.5, 0.6) is 0 Å². The molecule has 0 aromatic rings. The molecular formula is C9H8ClNO3. The molecule has 2 amide bonds. The van der Waals surface area contributed by atoms with E-state index in [-0.39, 0.29) is 17.9 Å². The van der Waals surface area contributed by atoms with Crippen LogP contribution < -0.4 is 0 Å². The van der Waals surface area contributed by atoms with E-state index in [1.165, 1.54) is 7.05 Å². The van der Waals surface area contributed by atoms with Crippen molar-refractivity contribution in [2.75, 3.05) is 7.05 Å². The van der Waals surface area contributed by atoms with Crippen LogP contribution in [0, 0.1) is 11.8 Å². The third-order valence-electron chi connectivity index (χ3n) is 3.18. The molecule has 0 spiro atoms. The van der Waals surface area contributed by atoms with Crippen LogP contribution >= 0.6 is 11.6 Å². The van der Waals surface area contributed by atoms with Gasteiger partial charge in [-0.25, -0.2) is 0 Å². The summed E-state index contributed by atoms with van der Waals surface area (Å²) in [6.07, 6.45) is 3.11. The molecule has 4 atom stereocenters. The topological polar surface area (TPSA) is 46.6 Å². The van der Waals surface area contributed by atoms with Gasteiger partial charge in [0.15, 0.2) is 5.06 Å². The Hall–Kier alpha value is -0.870. The number of likely N-dealkylation sites (tertiary alicyclic amines) is 1. The quantitative estimate of drug-likeness (QED) is 0.326. The van der Waals surface area contributed by atoms with E-state index in [9.17, 15) is 9.59 Å². The summed E-state index contributed by atoms with van der Waals surface area (Å²) in [6.45, 7) is 0. The standard InChI is InChI=1S/C9H8ClNO3/c1-11-7(12)5-4-2-3-9(10,14-4)6(5)8(11)13/h2-6H,1H3. The SMILES string of the molecule is CN1C(=O)C2C3C=CC(Cl)(O3)C2C1=O. The number of alkyl halides is 1. The van der Waals surface area contributed by atoms with Crippen molar-refractivity contribution in [1.82, 2.24) is 4.90 Å². The van der Waals surface area contributed by atoms with Gasteiger partial charge >= 0.3 is 0 Å². The van der Waals surface area contributed by atoms with Gasteiger partial charge in [0.1, 0.15) is 0 Å². The first-order valence-electron chi connectivity index (χ1n) is 4.42. The van der Waals surface area contributed by atoms with Gasteiger partial charge in [-0.05, 0) is 6.08 Å². The van der Waals surface area contributed by atoms with Crippen molar-refractivity contribution in [2.45, 2.75) is 11.2 Å². The normalized spacial score (nSPS) is 49.3. The number of fused-ring (bicyclic) bond motifs is 5. The van der Waals surface area contributed by atoms with E-state index in [1.807, 2.05) is 0 Å². The second-order valence-electron chi connectivity index (χ2n) is 3.88. The van der Waals surface area contributed by atoms with E-state index in [0.29, 0.717) is 0 Å². The van der Waals surface area contributed by atoms with E-state index in [0.717, 1.165) is 4.90 Å². The van der Waals surface area contributed by atoms with Crippen molar-refractivity contribution >= 4 is 23.4 Å². The van der Waals surface area contributed by atoms with Crippen molar-refractivity contribution in [3.63, 3.8) is 0 Å². The predicted molar refractivity (Wildman–Crippen MR) is 47.4 cm³/mol. The van der Waals surface area contributed by atoms with Gasteiger partial charge in [-0.3, -0.25) is 14.5 Å². The fourth-order valence-corrected chi connectivity index (χ4v) is 2.87. The molecule has 0 aromatic heterocycles. The van der Waals surface area contributed by atoms with Crippen LogP contribution in [0.2, 0.25) is 0 Å². The number of carbonyl (C=O) groups is 2. The molecule has 2 bridgehead atoms. The number of hydrogen-bond donors (Lipinski definition) is 0. The fourth-order valence-electron chi connectivity index (χ4n) is 2.46. The molecule has 0 radical (unpaired) electrons. The van der Waals surface area contributed by atoms with Crippen molar-refractivity contribution in [3.05, 3.63) is 12.2 Å². The van der Waals surface area contributed by atoms with Gasteiger partial charge in [-0.2, -0.15) is 0 Å².